The average molecular weight is 172 g/mol. The van der Waals surface area contributed by atoms with E-state index in [2.05, 4.69) is 0 Å². The summed E-state index contributed by atoms with van der Waals surface area (Å²) in [6.07, 6.45) is 0.774. The van der Waals surface area contributed by atoms with Crippen molar-refractivity contribution in [2.45, 2.75) is 27.7 Å². The highest BCUT2D eigenvalue weighted by Gasteiger charge is 2.23. The number of aldehydes is 1. The molecule has 0 aromatic heterocycles. The van der Waals surface area contributed by atoms with Gasteiger partial charge in [0, 0.05) is 5.92 Å². The van der Waals surface area contributed by atoms with E-state index in [1.165, 1.54) is 0 Å². The van der Waals surface area contributed by atoms with Gasteiger partial charge in [-0.2, -0.15) is 0 Å². The van der Waals surface area contributed by atoms with E-state index in [1.807, 2.05) is 0 Å². The van der Waals surface area contributed by atoms with Gasteiger partial charge in [-0.15, -0.1) is 0 Å². The lowest BCUT2D eigenvalue weighted by Gasteiger charge is -2.17. The molecule has 0 radical (unpaired) electrons. The summed E-state index contributed by atoms with van der Waals surface area (Å²) >= 11 is 0. The fourth-order valence-corrected chi connectivity index (χ4v) is 0.463. The van der Waals surface area contributed by atoms with Crippen molar-refractivity contribution in [3.63, 3.8) is 0 Å². The van der Waals surface area contributed by atoms with Crippen LogP contribution in [0.2, 0.25) is 0 Å². The van der Waals surface area contributed by atoms with Gasteiger partial charge >= 0.3 is 5.97 Å². The van der Waals surface area contributed by atoms with E-state index in [0.717, 1.165) is 6.29 Å². The van der Waals surface area contributed by atoms with Crippen LogP contribution in [0.4, 0.5) is 0 Å². The van der Waals surface area contributed by atoms with Gasteiger partial charge in [0.25, 0.3) is 0 Å². The normalized spacial score (nSPS) is 13.7. The van der Waals surface area contributed by atoms with E-state index in [0.29, 0.717) is 0 Å². The third-order valence-corrected chi connectivity index (χ3v) is 1.32. The highest BCUT2D eigenvalue weighted by Crippen LogP contribution is 2.15. The van der Waals surface area contributed by atoms with Crippen molar-refractivity contribution in [2.75, 3.05) is 6.61 Å². The average Bonchev–Trinajstić information content (AvgIpc) is 1.97. The number of carbonyl (C=O) groups is 2. The van der Waals surface area contributed by atoms with E-state index in [1.54, 1.807) is 27.7 Å². The fourth-order valence-electron chi connectivity index (χ4n) is 0.463. The van der Waals surface area contributed by atoms with Gasteiger partial charge < -0.3 is 9.53 Å². The maximum Gasteiger partial charge on any atom is 0.311 e. The molecule has 0 fully saturated rings. The molecule has 0 heterocycles. The third-order valence-electron chi connectivity index (χ3n) is 1.32. The van der Waals surface area contributed by atoms with Gasteiger partial charge in [0.1, 0.15) is 12.9 Å². The lowest BCUT2D eigenvalue weighted by molar-refractivity contribution is -0.154. The summed E-state index contributed by atoms with van der Waals surface area (Å²) < 4.78 is 4.89. The zero-order chi connectivity index (χ0) is 9.78. The summed E-state index contributed by atoms with van der Waals surface area (Å²) in [5.74, 6) is -0.479. The standard InChI is InChI=1S/C9H16O3/c1-7(5-10)6-12-8(11)9(2,3)4/h5,7H,6H2,1-4H3/t7-/m0/s1. The SMILES string of the molecule is C[C@@H](C=O)COC(=O)C(C)(C)C. The van der Waals surface area contributed by atoms with Crippen LogP contribution in [0.1, 0.15) is 27.7 Å². The lowest BCUT2D eigenvalue weighted by Crippen LogP contribution is -2.25. The van der Waals surface area contributed by atoms with Crippen molar-refractivity contribution in [2.24, 2.45) is 11.3 Å². The minimum absolute atomic E-state index is 0.180. The van der Waals surface area contributed by atoms with Gasteiger partial charge in [0.15, 0.2) is 0 Å². The first kappa shape index (κ1) is 11.1. The van der Waals surface area contributed by atoms with Gasteiger partial charge in [0.2, 0.25) is 0 Å². The Morgan fingerprint density at radius 3 is 2.33 bits per heavy atom. The highest BCUT2D eigenvalue weighted by atomic mass is 16.5. The molecule has 3 nitrogen and oxygen atoms in total. The van der Waals surface area contributed by atoms with E-state index in [4.69, 9.17) is 4.74 Å². The Kier molecular flexibility index (Phi) is 3.93. The van der Waals surface area contributed by atoms with Gasteiger partial charge in [0.05, 0.1) is 5.41 Å². The monoisotopic (exact) mass is 172 g/mol. The number of ether oxygens (including phenoxy) is 1. The first-order valence-corrected chi connectivity index (χ1v) is 4.00. The Morgan fingerprint density at radius 2 is 2.00 bits per heavy atom. The molecule has 0 N–H and O–H groups in total. The van der Waals surface area contributed by atoms with Crippen molar-refractivity contribution in [3.8, 4) is 0 Å². The van der Waals surface area contributed by atoms with Crippen LogP contribution in [0.15, 0.2) is 0 Å². The fraction of sp³-hybridized carbons (Fsp3) is 0.778. The van der Waals surface area contributed by atoms with E-state index < -0.39 is 5.41 Å². The van der Waals surface area contributed by atoms with Crippen molar-refractivity contribution in [1.82, 2.24) is 0 Å². The maximum absolute atomic E-state index is 11.1. The van der Waals surface area contributed by atoms with Crippen LogP contribution in [0.3, 0.4) is 0 Å². The quantitative estimate of drug-likeness (QED) is 0.477. The molecular weight excluding hydrogens is 156 g/mol. The number of carbonyl (C=O) groups excluding carboxylic acids is 2. The number of hydrogen-bond acceptors (Lipinski definition) is 3. The van der Waals surface area contributed by atoms with Crippen LogP contribution < -0.4 is 0 Å². The highest BCUT2D eigenvalue weighted by molar-refractivity contribution is 5.75. The minimum Gasteiger partial charge on any atom is -0.465 e. The largest absolute Gasteiger partial charge is 0.465 e. The molecule has 0 aliphatic carbocycles. The van der Waals surface area contributed by atoms with Gasteiger partial charge in [-0.3, -0.25) is 4.79 Å². The van der Waals surface area contributed by atoms with Crippen LogP contribution in [0.25, 0.3) is 0 Å². The third kappa shape index (κ3) is 4.11. The second-order valence-electron chi connectivity index (χ2n) is 3.96. The summed E-state index contributed by atoms with van der Waals surface area (Å²) in [4.78, 5) is 21.3. The van der Waals surface area contributed by atoms with Gasteiger partial charge in [-0.05, 0) is 20.8 Å². The molecule has 0 saturated heterocycles. The summed E-state index contributed by atoms with van der Waals surface area (Å²) in [6, 6.07) is 0. The summed E-state index contributed by atoms with van der Waals surface area (Å²) in [5, 5.41) is 0. The molecule has 12 heavy (non-hydrogen) atoms. The molecule has 0 aliphatic rings. The van der Waals surface area contributed by atoms with Crippen LogP contribution in [0, 0.1) is 11.3 Å². The molecule has 0 amide bonds. The van der Waals surface area contributed by atoms with Crippen molar-refractivity contribution in [1.29, 1.82) is 0 Å². The molecule has 3 heteroatoms. The van der Waals surface area contributed by atoms with E-state index >= 15 is 0 Å². The molecule has 70 valence electrons. The Hall–Kier alpha value is -0.860. The zero-order valence-corrected chi connectivity index (χ0v) is 8.09. The number of esters is 1. The van der Waals surface area contributed by atoms with Crippen LogP contribution in [-0.2, 0) is 14.3 Å². The second-order valence-corrected chi connectivity index (χ2v) is 3.96. The molecule has 0 unspecified atom stereocenters. The molecule has 0 bridgehead atoms. The maximum atomic E-state index is 11.1. The van der Waals surface area contributed by atoms with E-state index in [-0.39, 0.29) is 18.5 Å². The Labute approximate surface area is 73.1 Å². The van der Waals surface area contributed by atoms with Crippen molar-refractivity contribution >= 4 is 12.3 Å². The Balaban J connectivity index is 3.80. The minimum atomic E-state index is -0.484. The predicted molar refractivity (Wildman–Crippen MR) is 45.6 cm³/mol. The molecule has 0 saturated carbocycles. The molecular formula is C9H16O3. The Morgan fingerprint density at radius 1 is 1.50 bits per heavy atom. The molecule has 0 rings (SSSR count). The second kappa shape index (κ2) is 4.24. The smallest absolute Gasteiger partial charge is 0.311 e. The number of hydrogen-bond donors (Lipinski definition) is 0. The van der Waals surface area contributed by atoms with Gasteiger partial charge in [-0.25, -0.2) is 0 Å². The summed E-state index contributed by atoms with van der Waals surface area (Å²) in [5.41, 5.74) is -0.484. The summed E-state index contributed by atoms with van der Waals surface area (Å²) in [7, 11) is 0. The first-order valence-electron chi connectivity index (χ1n) is 4.00. The van der Waals surface area contributed by atoms with Crippen molar-refractivity contribution < 1.29 is 14.3 Å². The Bertz CT molecular complexity index is 167. The van der Waals surface area contributed by atoms with Crippen LogP contribution in [0.5, 0.6) is 0 Å². The number of rotatable bonds is 3. The molecule has 0 spiro atoms. The topological polar surface area (TPSA) is 43.4 Å². The predicted octanol–water partition coefficient (Wildman–Crippen LogP) is 1.41. The zero-order valence-electron chi connectivity index (χ0n) is 8.09. The molecule has 0 aromatic carbocycles. The molecule has 0 aliphatic heterocycles. The first-order chi connectivity index (χ1) is 5.38. The molecule has 0 aromatic rings. The van der Waals surface area contributed by atoms with Crippen LogP contribution >= 0.6 is 0 Å². The van der Waals surface area contributed by atoms with Crippen molar-refractivity contribution in [3.05, 3.63) is 0 Å². The van der Waals surface area contributed by atoms with Crippen LogP contribution in [-0.4, -0.2) is 18.9 Å². The summed E-state index contributed by atoms with van der Waals surface area (Å²) in [6.45, 7) is 7.23. The lowest BCUT2D eigenvalue weighted by atomic mass is 9.97. The molecule has 1 atom stereocenters. The van der Waals surface area contributed by atoms with E-state index in [9.17, 15) is 9.59 Å². The van der Waals surface area contributed by atoms with Gasteiger partial charge in [-0.1, -0.05) is 6.92 Å².